The number of aliphatic hydroxyl groups is 1. The second kappa shape index (κ2) is 5.07. The number of H-pyrrole nitrogens is 1. The zero-order valence-corrected chi connectivity index (χ0v) is 14.4. The number of rotatable bonds is 3. The smallest absolute Gasteiger partial charge is 0.251 e. The average molecular weight is 351 g/mol. The van der Waals surface area contributed by atoms with Gasteiger partial charge in [0.15, 0.2) is 0 Å². The standard InChI is InChI=1S/C19H21N5O2/c25-19-5-10-3-11(6-19)15(12(4-10)7-19)23-16-13-1-2-20-17(13)21-8-14(16)18-24-22-9-26-18/h1-2,8-12,15,25H,3-7H2,(H2,20,21,23). The maximum absolute atomic E-state index is 10.9. The minimum absolute atomic E-state index is 0.369. The lowest BCUT2D eigenvalue weighted by molar-refractivity contribution is -0.129. The van der Waals surface area contributed by atoms with Gasteiger partial charge in [0.1, 0.15) is 5.65 Å². The summed E-state index contributed by atoms with van der Waals surface area (Å²) in [5.41, 5.74) is 2.26. The van der Waals surface area contributed by atoms with Crippen LogP contribution in [-0.2, 0) is 0 Å². The highest BCUT2D eigenvalue weighted by Crippen LogP contribution is 2.56. The van der Waals surface area contributed by atoms with Crippen LogP contribution in [0.4, 0.5) is 5.69 Å². The van der Waals surface area contributed by atoms with E-state index >= 15 is 0 Å². The fourth-order valence-corrected chi connectivity index (χ4v) is 6.00. The number of hydrogen-bond acceptors (Lipinski definition) is 6. The Hall–Kier alpha value is -2.41. The minimum atomic E-state index is -0.425. The molecular formula is C19H21N5O2. The Bertz CT molecular complexity index is 950. The fourth-order valence-electron chi connectivity index (χ4n) is 6.00. The molecule has 26 heavy (non-hydrogen) atoms. The highest BCUT2D eigenvalue weighted by molar-refractivity contribution is 5.97. The maximum Gasteiger partial charge on any atom is 0.251 e. The number of aromatic amines is 1. The lowest BCUT2D eigenvalue weighted by atomic mass is 9.52. The number of aromatic nitrogens is 4. The Morgan fingerprint density at radius 3 is 2.81 bits per heavy atom. The quantitative estimate of drug-likeness (QED) is 0.671. The molecule has 2 unspecified atom stereocenters. The molecule has 4 bridgehead atoms. The van der Waals surface area contributed by atoms with Gasteiger partial charge in [-0.05, 0) is 55.9 Å². The molecule has 3 aromatic heterocycles. The van der Waals surface area contributed by atoms with Crippen molar-refractivity contribution in [1.82, 2.24) is 20.2 Å². The van der Waals surface area contributed by atoms with E-state index in [0.29, 0.717) is 29.7 Å². The van der Waals surface area contributed by atoms with Gasteiger partial charge in [-0.25, -0.2) is 4.98 Å². The third-order valence-electron chi connectivity index (χ3n) is 6.73. The van der Waals surface area contributed by atoms with E-state index in [0.717, 1.165) is 41.5 Å². The molecule has 0 aliphatic heterocycles. The summed E-state index contributed by atoms with van der Waals surface area (Å²) in [5, 5.41) is 23.6. The molecule has 3 heterocycles. The molecule has 134 valence electrons. The lowest BCUT2D eigenvalue weighted by Crippen LogP contribution is -2.59. The molecule has 2 atom stereocenters. The van der Waals surface area contributed by atoms with Crippen LogP contribution in [0, 0.1) is 17.8 Å². The Kier molecular flexibility index (Phi) is 2.87. The van der Waals surface area contributed by atoms with Crippen molar-refractivity contribution in [1.29, 1.82) is 0 Å². The van der Waals surface area contributed by atoms with Gasteiger partial charge in [0.05, 0.1) is 16.9 Å². The molecule has 4 aliphatic rings. The Morgan fingerprint density at radius 2 is 2.08 bits per heavy atom. The third-order valence-corrected chi connectivity index (χ3v) is 6.73. The van der Waals surface area contributed by atoms with Crippen molar-refractivity contribution in [3.63, 3.8) is 0 Å². The summed E-state index contributed by atoms with van der Waals surface area (Å²) >= 11 is 0. The average Bonchev–Trinajstić information content (AvgIpc) is 3.27. The first-order chi connectivity index (χ1) is 12.7. The third kappa shape index (κ3) is 2.06. The van der Waals surface area contributed by atoms with Crippen LogP contribution >= 0.6 is 0 Å². The highest BCUT2D eigenvalue weighted by atomic mass is 16.4. The fraction of sp³-hybridized carbons (Fsp3) is 0.526. The Morgan fingerprint density at radius 1 is 1.23 bits per heavy atom. The summed E-state index contributed by atoms with van der Waals surface area (Å²) in [6.07, 6.45) is 10.3. The predicted octanol–water partition coefficient (Wildman–Crippen LogP) is 2.96. The van der Waals surface area contributed by atoms with Crippen molar-refractivity contribution in [3.05, 3.63) is 24.9 Å². The van der Waals surface area contributed by atoms with Crippen molar-refractivity contribution in [3.8, 4) is 11.5 Å². The van der Waals surface area contributed by atoms with E-state index in [2.05, 4.69) is 25.5 Å². The van der Waals surface area contributed by atoms with Gasteiger partial charge in [0, 0.05) is 23.8 Å². The molecule has 4 fully saturated rings. The van der Waals surface area contributed by atoms with Gasteiger partial charge in [-0.2, -0.15) is 0 Å². The molecule has 0 saturated heterocycles. The molecular weight excluding hydrogens is 330 g/mol. The number of fused-ring (bicyclic) bond motifs is 1. The molecule has 0 spiro atoms. The van der Waals surface area contributed by atoms with Crippen LogP contribution in [0.1, 0.15) is 32.1 Å². The van der Waals surface area contributed by atoms with E-state index in [1.54, 1.807) is 6.20 Å². The summed E-state index contributed by atoms with van der Waals surface area (Å²) in [6, 6.07) is 2.41. The number of nitrogens with one attached hydrogen (secondary N) is 2. The second-order valence-electron chi connectivity index (χ2n) is 8.40. The van der Waals surface area contributed by atoms with E-state index in [1.165, 1.54) is 19.2 Å². The summed E-state index contributed by atoms with van der Waals surface area (Å²) < 4.78 is 5.46. The first kappa shape index (κ1) is 14.7. The number of nitrogens with zero attached hydrogens (tertiary/aromatic N) is 3. The summed E-state index contributed by atoms with van der Waals surface area (Å²) in [5.74, 6) is 2.20. The van der Waals surface area contributed by atoms with Crippen molar-refractivity contribution in [2.75, 3.05) is 5.32 Å². The first-order valence-corrected chi connectivity index (χ1v) is 9.40. The Labute approximate surface area is 150 Å². The molecule has 0 radical (unpaired) electrons. The molecule has 3 N–H and O–H groups in total. The van der Waals surface area contributed by atoms with Crippen molar-refractivity contribution in [2.45, 2.75) is 43.7 Å². The minimum Gasteiger partial charge on any atom is -0.423 e. The van der Waals surface area contributed by atoms with E-state index in [-0.39, 0.29) is 0 Å². The van der Waals surface area contributed by atoms with Crippen LogP contribution in [0.25, 0.3) is 22.5 Å². The van der Waals surface area contributed by atoms with Gasteiger partial charge >= 0.3 is 0 Å². The summed E-state index contributed by atoms with van der Waals surface area (Å²) in [7, 11) is 0. The van der Waals surface area contributed by atoms with Crippen LogP contribution in [-0.4, -0.2) is 36.9 Å². The number of anilines is 1. The molecule has 0 amide bonds. The van der Waals surface area contributed by atoms with Gasteiger partial charge in [-0.1, -0.05) is 0 Å². The van der Waals surface area contributed by atoms with Gasteiger partial charge in [-0.15, -0.1) is 10.2 Å². The monoisotopic (exact) mass is 351 g/mol. The van der Waals surface area contributed by atoms with Crippen LogP contribution in [0.3, 0.4) is 0 Å². The van der Waals surface area contributed by atoms with Crippen LogP contribution in [0.15, 0.2) is 29.3 Å². The zero-order chi connectivity index (χ0) is 17.3. The highest BCUT2D eigenvalue weighted by Gasteiger charge is 2.54. The molecule has 7 nitrogen and oxygen atoms in total. The zero-order valence-electron chi connectivity index (χ0n) is 14.4. The van der Waals surface area contributed by atoms with Crippen molar-refractivity contribution in [2.24, 2.45) is 17.8 Å². The molecule has 0 aromatic carbocycles. The molecule has 4 aliphatic carbocycles. The van der Waals surface area contributed by atoms with Crippen molar-refractivity contribution >= 4 is 16.7 Å². The van der Waals surface area contributed by atoms with E-state index in [9.17, 15) is 5.11 Å². The Balaban J connectivity index is 1.43. The van der Waals surface area contributed by atoms with E-state index in [1.807, 2.05) is 12.3 Å². The van der Waals surface area contributed by atoms with Gasteiger partial charge in [-0.3, -0.25) is 0 Å². The number of pyridine rings is 1. The van der Waals surface area contributed by atoms with Crippen LogP contribution in [0.2, 0.25) is 0 Å². The largest absolute Gasteiger partial charge is 0.423 e. The van der Waals surface area contributed by atoms with Gasteiger partial charge in [0.25, 0.3) is 5.89 Å². The topological polar surface area (TPSA) is 99.9 Å². The SMILES string of the molecule is OC12CC3CC(C1)C(Nc1c(-c4nnco4)cnc4[nH]ccc14)C(C3)C2. The molecule has 7 heteroatoms. The van der Waals surface area contributed by atoms with E-state index in [4.69, 9.17) is 4.42 Å². The molecule has 3 aromatic rings. The van der Waals surface area contributed by atoms with E-state index < -0.39 is 5.60 Å². The van der Waals surface area contributed by atoms with Crippen molar-refractivity contribution < 1.29 is 9.52 Å². The summed E-state index contributed by atoms with van der Waals surface area (Å²) in [4.78, 5) is 7.67. The first-order valence-electron chi connectivity index (χ1n) is 9.40. The molecule has 4 saturated carbocycles. The summed E-state index contributed by atoms with van der Waals surface area (Å²) in [6.45, 7) is 0. The van der Waals surface area contributed by atoms with Gasteiger partial charge < -0.3 is 19.8 Å². The van der Waals surface area contributed by atoms with Crippen LogP contribution < -0.4 is 5.32 Å². The predicted molar refractivity (Wildman–Crippen MR) is 95.3 cm³/mol. The van der Waals surface area contributed by atoms with Crippen LogP contribution in [0.5, 0.6) is 0 Å². The lowest BCUT2D eigenvalue weighted by Gasteiger charge is -2.58. The molecule has 7 rings (SSSR count). The second-order valence-corrected chi connectivity index (χ2v) is 8.40. The maximum atomic E-state index is 10.9. The normalized spacial score (nSPS) is 35.3. The van der Waals surface area contributed by atoms with Gasteiger partial charge in [0.2, 0.25) is 6.39 Å². The number of hydrogen-bond donors (Lipinski definition) is 3.